The van der Waals surface area contributed by atoms with E-state index in [0.29, 0.717) is 23.6 Å². The largest absolute Gasteiger partial charge is 0.463 e. The summed E-state index contributed by atoms with van der Waals surface area (Å²) in [5, 5.41) is 7.77. The lowest BCUT2D eigenvalue weighted by Gasteiger charge is -2.06. The zero-order valence-corrected chi connectivity index (χ0v) is 11.3. The summed E-state index contributed by atoms with van der Waals surface area (Å²) in [6.07, 6.45) is 2.17. The highest BCUT2D eigenvalue weighted by molar-refractivity contribution is 6.07. The first kappa shape index (κ1) is 14.0. The Labute approximate surface area is 116 Å². The SMILES string of the molecule is CC1=NNC(=O)[C@@H]1CCC(=O)N/N=C(\C)c1ccco1. The Morgan fingerprint density at radius 1 is 1.60 bits per heavy atom. The van der Waals surface area contributed by atoms with Crippen molar-refractivity contribution in [3.8, 4) is 0 Å². The lowest BCUT2D eigenvalue weighted by Crippen LogP contribution is -2.25. The molecule has 1 aromatic rings. The number of hydrogen-bond donors (Lipinski definition) is 2. The number of hydrazone groups is 2. The molecule has 0 fully saturated rings. The van der Waals surface area contributed by atoms with Gasteiger partial charge in [-0.1, -0.05) is 0 Å². The van der Waals surface area contributed by atoms with Gasteiger partial charge in [0.2, 0.25) is 11.8 Å². The second-order valence-corrected chi connectivity index (χ2v) is 4.53. The van der Waals surface area contributed by atoms with Crippen molar-refractivity contribution in [1.82, 2.24) is 10.9 Å². The third-order valence-electron chi connectivity index (χ3n) is 3.05. The van der Waals surface area contributed by atoms with Crippen molar-refractivity contribution >= 4 is 23.2 Å². The van der Waals surface area contributed by atoms with Gasteiger partial charge in [0.1, 0.15) is 11.5 Å². The van der Waals surface area contributed by atoms with Crippen molar-refractivity contribution < 1.29 is 14.0 Å². The Kier molecular flexibility index (Phi) is 4.29. The van der Waals surface area contributed by atoms with Crippen molar-refractivity contribution in [3.63, 3.8) is 0 Å². The van der Waals surface area contributed by atoms with E-state index in [2.05, 4.69) is 21.1 Å². The van der Waals surface area contributed by atoms with E-state index in [4.69, 9.17) is 4.42 Å². The van der Waals surface area contributed by atoms with Gasteiger partial charge in [0, 0.05) is 12.1 Å². The number of nitrogens with zero attached hydrogens (tertiary/aromatic N) is 2. The molecule has 2 rings (SSSR count). The van der Waals surface area contributed by atoms with Crippen LogP contribution in [0, 0.1) is 5.92 Å². The van der Waals surface area contributed by atoms with Crippen LogP contribution in [0.5, 0.6) is 0 Å². The van der Waals surface area contributed by atoms with Gasteiger partial charge in [-0.25, -0.2) is 10.9 Å². The highest BCUT2D eigenvalue weighted by Gasteiger charge is 2.26. The van der Waals surface area contributed by atoms with Gasteiger partial charge in [-0.15, -0.1) is 0 Å². The third-order valence-corrected chi connectivity index (χ3v) is 3.05. The molecule has 2 amide bonds. The average molecular weight is 276 g/mol. The molecule has 0 bridgehead atoms. The quantitative estimate of drug-likeness (QED) is 0.620. The summed E-state index contributed by atoms with van der Waals surface area (Å²) in [5.41, 5.74) is 6.12. The van der Waals surface area contributed by atoms with Crippen LogP contribution in [0.15, 0.2) is 33.0 Å². The van der Waals surface area contributed by atoms with Crippen LogP contribution in [0.2, 0.25) is 0 Å². The number of furan rings is 1. The topological polar surface area (TPSA) is 96.1 Å². The van der Waals surface area contributed by atoms with Crippen molar-refractivity contribution in [2.45, 2.75) is 26.7 Å². The highest BCUT2D eigenvalue weighted by Crippen LogP contribution is 2.13. The summed E-state index contributed by atoms with van der Waals surface area (Å²) < 4.78 is 5.15. The van der Waals surface area contributed by atoms with Crippen LogP contribution in [0.4, 0.5) is 0 Å². The number of hydrogen-bond acceptors (Lipinski definition) is 5. The fraction of sp³-hybridized carbons (Fsp3) is 0.385. The standard InChI is InChI=1S/C13H16N4O3/c1-8-10(13(19)17-14-8)5-6-12(18)16-15-9(2)11-4-3-7-20-11/h3-4,7,10H,5-6H2,1-2H3,(H,16,18)(H,17,19)/b15-9+/t10-/m1/s1. The maximum absolute atomic E-state index is 11.7. The van der Waals surface area contributed by atoms with Gasteiger partial charge in [0.15, 0.2) is 0 Å². The molecule has 1 atom stereocenters. The Morgan fingerprint density at radius 2 is 2.40 bits per heavy atom. The highest BCUT2D eigenvalue weighted by atomic mass is 16.3. The predicted octanol–water partition coefficient (Wildman–Crippen LogP) is 1.02. The second-order valence-electron chi connectivity index (χ2n) is 4.53. The minimum atomic E-state index is -0.323. The van der Waals surface area contributed by atoms with Gasteiger partial charge in [0.05, 0.1) is 12.2 Å². The molecule has 7 nitrogen and oxygen atoms in total. The van der Waals surface area contributed by atoms with Crippen molar-refractivity contribution in [2.24, 2.45) is 16.1 Å². The Hall–Kier alpha value is -2.44. The summed E-state index contributed by atoms with van der Waals surface area (Å²) in [6, 6.07) is 3.50. The number of nitrogens with one attached hydrogen (secondary N) is 2. The smallest absolute Gasteiger partial charge is 0.248 e. The molecule has 0 unspecified atom stereocenters. The maximum Gasteiger partial charge on any atom is 0.248 e. The summed E-state index contributed by atoms with van der Waals surface area (Å²) in [4.78, 5) is 23.1. The number of carbonyl (C=O) groups excluding carboxylic acids is 2. The molecule has 0 radical (unpaired) electrons. The van der Waals surface area contributed by atoms with E-state index in [1.54, 1.807) is 26.0 Å². The van der Waals surface area contributed by atoms with Gasteiger partial charge in [0.25, 0.3) is 0 Å². The molecule has 1 aromatic heterocycles. The molecular formula is C13H16N4O3. The summed E-state index contributed by atoms with van der Waals surface area (Å²) in [7, 11) is 0. The zero-order chi connectivity index (χ0) is 14.5. The third kappa shape index (κ3) is 3.31. The average Bonchev–Trinajstić information content (AvgIpc) is 3.05. The maximum atomic E-state index is 11.7. The monoisotopic (exact) mass is 276 g/mol. The molecule has 7 heteroatoms. The van der Waals surface area contributed by atoms with Crippen molar-refractivity contribution in [3.05, 3.63) is 24.2 Å². The molecular weight excluding hydrogens is 260 g/mol. The van der Waals surface area contributed by atoms with E-state index >= 15 is 0 Å². The zero-order valence-electron chi connectivity index (χ0n) is 11.3. The van der Waals surface area contributed by atoms with E-state index in [1.807, 2.05) is 0 Å². The van der Waals surface area contributed by atoms with E-state index in [0.717, 1.165) is 0 Å². The van der Waals surface area contributed by atoms with E-state index in [9.17, 15) is 9.59 Å². The molecule has 0 aliphatic carbocycles. The first-order valence-electron chi connectivity index (χ1n) is 6.29. The lowest BCUT2D eigenvalue weighted by atomic mass is 9.99. The Morgan fingerprint density at radius 3 is 3.00 bits per heavy atom. The number of amides is 2. The van der Waals surface area contributed by atoms with Gasteiger partial charge >= 0.3 is 0 Å². The van der Waals surface area contributed by atoms with E-state index in [-0.39, 0.29) is 24.2 Å². The summed E-state index contributed by atoms with van der Waals surface area (Å²) >= 11 is 0. The minimum absolute atomic E-state index is 0.162. The van der Waals surface area contributed by atoms with E-state index in [1.165, 1.54) is 6.26 Å². The predicted molar refractivity (Wildman–Crippen MR) is 73.0 cm³/mol. The van der Waals surface area contributed by atoms with Crippen LogP contribution in [-0.4, -0.2) is 23.2 Å². The minimum Gasteiger partial charge on any atom is -0.463 e. The molecule has 1 aliphatic heterocycles. The summed E-state index contributed by atoms with van der Waals surface area (Å²) in [6.45, 7) is 3.50. The fourth-order valence-corrected chi connectivity index (χ4v) is 1.85. The first-order valence-corrected chi connectivity index (χ1v) is 6.29. The molecule has 0 spiro atoms. The number of carbonyl (C=O) groups is 2. The Balaban J connectivity index is 1.80. The van der Waals surface area contributed by atoms with Crippen molar-refractivity contribution in [1.29, 1.82) is 0 Å². The van der Waals surface area contributed by atoms with Gasteiger partial charge in [-0.2, -0.15) is 10.2 Å². The van der Waals surface area contributed by atoms with E-state index < -0.39 is 0 Å². The summed E-state index contributed by atoms with van der Waals surface area (Å²) in [5.74, 6) is -0.131. The van der Waals surface area contributed by atoms with Crippen LogP contribution in [0.1, 0.15) is 32.4 Å². The molecule has 0 aromatic carbocycles. The Bertz CT molecular complexity index is 560. The van der Waals surface area contributed by atoms with Crippen LogP contribution >= 0.6 is 0 Å². The number of rotatable bonds is 5. The second kappa shape index (κ2) is 6.14. The van der Waals surface area contributed by atoms with Gasteiger partial charge < -0.3 is 4.42 Å². The molecule has 2 N–H and O–H groups in total. The molecule has 2 heterocycles. The van der Waals surface area contributed by atoms with Crippen LogP contribution in [0.25, 0.3) is 0 Å². The first-order chi connectivity index (χ1) is 9.58. The van der Waals surface area contributed by atoms with Gasteiger partial charge in [-0.3, -0.25) is 9.59 Å². The fourth-order valence-electron chi connectivity index (χ4n) is 1.85. The van der Waals surface area contributed by atoms with Gasteiger partial charge in [-0.05, 0) is 32.4 Å². The molecule has 1 aliphatic rings. The molecule has 0 saturated carbocycles. The molecule has 0 saturated heterocycles. The normalized spacial score (nSPS) is 18.7. The van der Waals surface area contributed by atoms with Crippen molar-refractivity contribution in [2.75, 3.05) is 0 Å². The molecule has 106 valence electrons. The van der Waals surface area contributed by atoms with Crippen LogP contribution < -0.4 is 10.9 Å². The van der Waals surface area contributed by atoms with Crippen LogP contribution in [0.3, 0.4) is 0 Å². The lowest BCUT2D eigenvalue weighted by molar-refractivity contribution is -0.123. The van der Waals surface area contributed by atoms with Crippen LogP contribution in [-0.2, 0) is 9.59 Å². The molecule has 20 heavy (non-hydrogen) atoms.